The molecule has 0 fully saturated rings. The topological polar surface area (TPSA) is 68.0 Å². The van der Waals surface area contributed by atoms with Crippen LogP contribution in [0.15, 0.2) is 30.6 Å². The molecular weight excluding hydrogens is 333 g/mol. The van der Waals surface area contributed by atoms with Crippen molar-refractivity contribution < 1.29 is 9.90 Å². The van der Waals surface area contributed by atoms with Crippen LogP contribution in [0.5, 0.6) is 0 Å². The van der Waals surface area contributed by atoms with Crippen molar-refractivity contribution >= 4 is 28.6 Å². The monoisotopic (exact) mass is 343 g/mol. The molecule has 88 valence electrons. The van der Waals surface area contributed by atoms with Crippen LogP contribution < -0.4 is 0 Å². The maximum atomic E-state index is 10.4. The van der Waals surface area contributed by atoms with Gasteiger partial charge in [-0.3, -0.25) is 9.48 Å². The predicted octanol–water partition coefficient (Wildman–Crippen LogP) is 2.02. The smallest absolute Gasteiger partial charge is 0.305 e. The number of rotatable bonds is 4. The minimum Gasteiger partial charge on any atom is -0.481 e. The molecule has 0 amide bonds. The number of carboxylic acids is 1. The van der Waals surface area contributed by atoms with E-state index in [0.29, 0.717) is 12.4 Å². The van der Waals surface area contributed by atoms with Crippen LogP contribution in [0.25, 0.3) is 11.4 Å². The summed E-state index contributed by atoms with van der Waals surface area (Å²) in [5, 5.41) is 12.8. The lowest BCUT2D eigenvalue weighted by molar-refractivity contribution is -0.137. The molecule has 0 saturated heterocycles. The molecule has 0 aliphatic carbocycles. The van der Waals surface area contributed by atoms with Crippen molar-refractivity contribution in [1.29, 1.82) is 0 Å². The van der Waals surface area contributed by atoms with Crippen molar-refractivity contribution in [1.82, 2.24) is 14.8 Å². The Balaban J connectivity index is 2.12. The molecule has 0 aliphatic rings. The Morgan fingerprint density at radius 1 is 1.35 bits per heavy atom. The predicted molar refractivity (Wildman–Crippen MR) is 70.4 cm³/mol. The fraction of sp³-hybridized carbons (Fsp3) is 0.182. The van der Waals surface area contributed by atoms with Crippen molar-refractivity contribution in [3.63, 3.8) is 0 Å². The summed E-state index contributed by atoms with van der Waals surface area (Å²) in [5.41, 5.74) is 0.930. The summed E-state index contributed by atoms with van der Waals surface area (Å²) >= 11 is 2.23. The molecule has 5 nitrogen and oxygen atoms in total. The fourth-order valence-corrected chi connectivity index (χ4v) is 1.70. The summed E-state index contributed by atoms with van der Waals surface area (Å²) in [6, 6.07) is 7.85. The van der Waals surface area contributed by atoms with Gasteiger partial charge in [0.25, 0.3) is 0 Å². The van der Waals surface area contributed by atoms with Gasteiger partial charge in [-0.15, -0.1) is 0 Å². The van der Waals surface area contributed by atoms with E-state index in [1.807, 2.05) is 24.3 Å². The van der Waals surface area contributed by atoms with Gasteiger partial charge in [-0.05, 0) is 34.7 Å². The molecule has 0 spiro atoms. The molecule has 0 saturated carbocycles. The van der Waals surface area contributed by atoms with Gasteiger partial charge in [-0.25, -0.2) is 4.98 Å². The van der Waals surface area contributed by atoms with E-state index in [1.54, 1.807) is 11.0 Å². The summed E-state index contributed by atoms with van der Waals surface area (Å²) in [7, 11) is 0. The molecule has 1 aromatic heterocycles. The van der Waals surface area contributed by atoms with Gasteiger partial charge in [-0.2, -0.15) is 5.10 Å². The Morgan fingerprint density at radius 2 is 2.06 bits per heavy atom. The van der Waals surface area contributed by atoms with E-state index in [0.717, 1.165) is 9.13 Å². The van der Waals surface area contributed by atoms with Gasteiger partial charge < -0.3 is 5.11 Å². The first kappa shape index (κ1) is 12.0. The Hall–Kier alpha value is -1.44. The number of halogens is 1. The summed E-state index contributed by atoms with van der Waals surface area (Å²) in [6.07, 6.45) is 1.60. The van der Waals surface area contributed by atoms with Crippen molar-refractivity contribution in [3.8, 4) is 11.4 Å². The van der Waals surface area contributed by atoms with E-state index in [4.69, 9.17) is 5.11 Å². The molecule has 0 aliphatic heterocycles. The normalized spacial score (nSPS) is 10.4. The highest BCUT2D eigenvalue weighted by Crippen LogP contribution is 2.15. The molecule has 2 rings (SSSR count). The van der Waals surface area contributed by atoms with Gasteiger partial charge in [0.15, 0.2) is 5.82 Å². The van der Waals surface area contributed by atoms with Crippen LogP contribution in [0.3, 0.4) is 0 Å². The summed E-state index contributed by atoms with van der Waals surface area (Å²) in [6.45, 7) is 0.340. The molecule has 1 N–H and O–H groups in total. The SMILES string of the molecule is O=C(O)CCn1cnc(-c2ccc(I)cc2)n1. The van der Waals surface area contributed by atoms with E-state index in [9.17, 15) is 4.79 Å². The molecule has 1 heterocycles. The van der Waals surface area contributed by atoms with Crippen LogP contribution in [0.1, 0.15) is 6.42 Å². The first-order chi connectivity index (χ1) is 8.15. The number of hydrogen-bond donors (Lipinski definition) is 1. The van der Waals surface area contributed by atoms with E-state index in [1.165, 1.54) is 0 Å². The number of hydrogen-bond acceptors (Lipinski definition) is 3. The highest BCUT2D eigenvalue weighted by atomic mass is 127. The standard InChI is InChI=1S/C11H10IN3O2/c12-9-3-1-8(2-4-9)11-13-7-15(14-11)6-5-10(16)17/h1-4,7H,5-6H2,(H,16,17). The first-order valence-electron chi connectivity index (χ1n) is 5.02. The Bertz CT molecular complexity index is 522. The molecule has 1 aromatic carbocycles. The molecule has 6 heteroatoms. The van der Waals surface area contributed by atoms with Gasteiger partial charge in [0, 0.05) is 9.13 Å². The van der Waals surface area contributed by atoms with Crippen LogP contribution in [-0.4, -0.2) is 25.8 Å². The fourth-order valence-electron chi connectivity index (χ4n) is 1.34. The van der Waals surface area contributed by atoms with E-state index < -0.39 is 5.97 Å². The molecule has 0 radical (unpaired) electrons. The number of carbonyl (C=O) groups is 1. The second-order valence-corrected chi connectivity index (χ2v) is 4.73. The van der Waals surface area contributed by atoms with Crippen molar-refractivity contribution in [2.75, 3.05) is 0 Å². The average molecular weight is 343 g/mol. The highest BCUT2D eigenvalue weighted by molar-refractivity contribution is 14.1. The zero-order chi connectivity index (χ0) is 12.3. The number of nitrogens with zero attached hydrogens (tertiary/aromatic N) is 3. The molecule has 0 bridgehead atoms. The van der Waals surface area contributed by atoms with E-state index in [2.05, 4.69) is 32.7 Å². The number of carboxylic acid groups (broad SMARTS) is 1. The zero-order valence-electron chi connectivity index (χ0n) is 8.88. The number of aromatic nitrogens is 3. The quantitative estimate of drug-likeness (QED) is 0.863. The number of aryl methyl sites for hydroxylation is 1. The minimum absolute atomic E-state index is 0.0511. The summed E-state index contributed by atoms with van der Waals surface area (Å²) in [4.78, 5) is 14.6. The summed E-state index contributed by atoms with van der Waals surface area (Å²) < 4.78 is 2.69. The maximum Gasteiger partial charge on any atom is 0.305 e. The third-order valence-corrected chi connectivity index (χ3v) is 2.91. The van der Waals surface area contributed by atoms with E-state index in [-0.39, 0.29) is 6.42 Å². The molecule has 0 unspecified atom stereocenters. The van der Waals surface area contributed by atoms with Gasteiger partial charge >= 0.3 is 5.97 Å². The van der Waals surface area contributed by atoms with Crippen LogP contribution in [0, 0.1) is 3.57 Å². The molecule has 2 aromatic rings. The third kappa shape index (κ3) is 3.26. The lowest BCUT2D eigenvalue weighted by atomic mass is 10.2. The Morgan fingerprint density at radius 3 is 2.71 bits per heavy atom. The van der Waals surface area contributed by atoms with Crippen LogP contribution in [0.4, 0.5) is 0 Å². The number of aliphatic carboxylic acids is 1. The largest absolute Gasteiger partial charge is 0.481 e. The molecular formula is C11H10IN3O2. The number of benzene rings is 1. The van der Waals surface area contributed by atoms with Crippen LogP contribution in [-0.2, 0) is 11.3 Å². The van der Waals surface area contributed by atoms with Crippen molar-refractivity contribution in [3.05, 3.63) is 34.2 Å². The third-order valence-electron chi connectivity index (χ3n) is 2.19. The van der Waals surface area contributed by atoms with Crippen LogP contribution in [0.2, 0.25) is 0 Å². The second-order valence-electron chi connectivity index (χ2n) is 3.48. The van der Waals surface area contributed by atoms with Crippen molar-refractivity contribution in [2.24, 2.45) is 0 Å². The minimum atomic E-state index is -0.837. The Labute approximate surface area is 112 Å². The lowest BCUT2D eigenvalue weighted by Gasteiger charge is -1.97. The molecule has 0 atom stereocenters. The second kappa shape index (κ2) is 5.26. The highest BCUT2D eigenvalue weighted by Gasteiger charge is 2.05. The molecule has 17 heavy (non-hydrogen) atoms. The van der Waals surface area contributed by atoms with Gasteiger partial charge in [0.1, 0.15) is 6.33 Å². The lowest BCUT2D eigenvalue weighted by Crippen LogP contribution is -2.04. The van der Waals surface area contributed by atoms with Gasteiger partial charge in [0.05, 0.1) is 13.0 Å². The van der Waals surface area contributed by atoms with Gasteiger partial charge in [-0.1, -0.05) is 12.1 Å². The first-order valence-corrected chi connectivity index (χ1v) is 6.10. The maximum absolute atomic E-state index is 10.4. The zero-order valence-corrected chi connectivity index (χ0v) is 11.0. The van der Waals surface area contributed by atoms with Gasteiger partial charge in [0.2, 0.25) is 0 Å². The van der Waals surface area contributed by atoms with Crippen molar-refractivity contribution in [2.45, 2.75) is 13.0 Å². The summed E-state index contributed by atoms with van der Waals surface area (Å²) in [5.74, 6) is -0.219. The Kier molecular flexibility index (Phi) is 3.72. The average Bonchev–Trinajstić information content (AvgIpc) is 2.76. The van der Waals surface area contributed by atoms with Crippen LogP contribution >= 0.6 is 22.6 Å². The van der Waals surface area contributed by atoms with E-state index >= 15 is 0 Å².